The molecule has 3 aromatic carbocycles. The fraction of sp³-hybridized carbons (Fsp3) is 0.0588. The van der Waals surface area contributed by atoms with Gasteiger partial charge in [0.2, 0.25) is 5.90 Å². The largest absolute Gasteiger partial charge is 2.00 e. The minimum absolute atomic E-state index is 0. The molecule has 2 saturated carbocycles. The fourth-order valence-corrected chi connectivity index (χ4v) is 6.50. The van der Waals surface area contributed by atoms with Crippen molar-refractivity contribution in [2.45, 2.75) is 6.04 Å². The molecule has 46 heavy (non-hydrogen) atoms. The molecule has 1 atom stereocenters. The van der Waals surface area contributed by atoms with Crippen molar-refractivity contribution in [3.8, 4) is 0 Å². The molecule has 245 valence electrons. The Bertz CT molecular complexity index is 1250. The Labute approximate surface area is 295 Å². The predicted octanol–water partition coefficient (Wildman–Crippen LogP) is 9.25. The monoisotopic (exact) mass is 807 g/mol. The molecule has 0 unspecified atom stereocenters. The normalized spacial score (nSPS) is 18.7. The van der Waals surface area contributed by atoms with E-state index in [2.05, 4.69) is 124 Å². The first kappa shape index (κ1) is 42.8. The van der Waals surface area contributed by atoms with Crippen molar-refractivity contribution >= 4 is 37.5 Å². The first-order chi connectivity index (χ1) is 20.8. The molecule has 6 rings (SSSR count). The molecule has 3 aliphatic rings. The number of halogens is 6. The van der Waals surface area contributed by atoms with Gasteiger partial charge in [0.1, 0.15) is 6.61 Å². The van der Waals surface area contributed by atoms with E-state index in [4.69, 9.17) is 9.73 Å². The number of aliphatic imine (C=N–C) groups is 1. The smallest absolute Gasteiger partial charge is 0.475 e. The minimum Gasteiger partial charge on any atom is -0.475 e. The first-order valence-electron chi connectivity index (χ1n) is 13.3. The molecular weight excluding hydrogens is 777 g/mol. The summed E-state index contributed by atoms with van der Waals surface area (Å²) in [6, 6.07) is 30.1. The Morgan fingerprint density at radius 2 is 1.07 bits per heavy atom. The second kappa shape index (κ2) is 19.1. The molecule has 1 heterocycles. The van der Waals surface area contributed by atoms with Gasteiger partial charge in [-0.3, -0.25) is 0 Å². The summed E-state index contributed by atoms with van der Waals surface area (Å²) in [4.78, 5) is 4.94. The maximum Gasteiger partial charge on any atom is 2.00 e. The van der Waals surface area contributed by atoms with Gasteiger partial charge in [-0.2, -0.15) is 0 Å². The molecule has 3 aromatic rings. The second-order valence-electron chi connectivity index (χ2n) is 9.21. The van der Waals surface area contributed by atoms with Crippen LogP contribution in [-0.4, -0.2) is 18.5 Å². The molecule has 2 nitrogen and oxygen atoms in total. The zero-order valence-corrected chi connectivity index (χ0v) is 28.7. The van der Waals surface area contributed by atoms with Crippen molar-refractivity contribution in [2.75, 3.05) is 6.61 Å². The zero-order valence-electron chi connectivity index (χ0n) is 24.2. The Balaban J connectivity index is 0.000000521. The number of hydrogen-bond acceptors (Lipinski definition) is 2. The van der Waals surface area contributed by atoms with Gasteiger partial charge >= 0.3 is 70.5 Å². The third kappa shape index (κ3) is 16.7. The van der Waals surface area contributed by atoms with Gasteiger partial charge in [0, 0.05) is 11.5 Å². The summed E-state index contributed by atoms with van der Waals surface area (Å²) in [5.41, 5.74) is 1.10. The Hall–Kier alpha value is -1.25. The van der Waals surface area contributed by atoms with E-state index in [0.29, 0.717) is 6.61 Å². The zero-order chi connectivity index (χ0) is 32.1. The van der Waals surface area contributed by atoms with Crippen LogP contribution in [0.25, 0.3) is 0 Å². The van der Waals surface area contributed by atoms with Crippen molar-refractivity contribution in [3.05, 3.63) is 174 Å². The summed E-state index contributed by atoms with van der Waals surface area (Å²) in [7, 11) is -11.4. The van der Waals surface area contributed by atoms with Gasteiger partial charge in [-0.05, 0) is 108 Å². The third-order valence-electron chi connectivity index (χ3n) is 5.68. The van der Waals surface area contributed by atoms with Crippen LogP contribution in [-0.2, 0) is 42.2 Å². The molecule has 0 N–H and O–H groups in total. The van der Waals surface area contributed by atoms with Crippen molar-refractivity contribution in [1.82, 2.24) is 0 Å². The minimum atomic E-state index is -10.7. The number of nitrogens with zero attached hydrogens (tertiary/aromatic N) is 1. The number of benzene rings is 3. The van der Waals surface area contributed by atoms with Crippen molar-refractivity contribution < 1.29 is 67.4 Å². The van der Waals surface area contributed by atoms with E-state index in [-0.39, 0.29) is 43.5 Å². The summed E-state index contributed by atoms with van der Waals surface area (Å²) in [6.07, 6.45) is 19.8. The summed E-state index contributed by atoms with van der Waals surface area (Å²) in [5.74, 6) is 1.97. The molecule has 1 aliphatic heterocycles. The van der Waals surface area contributed by atoms with Crippen LogP contribution in [0.1, 0.15) is 5.56 Å². The van der Waals surface area contributed by atoms with Crippen molar-refractivity contribution in [3.63, 3.8) is 0 Å². The van der Waals surface area contributed by atoms with E-state index in [9.17, 15) is 25.2 Å². The van der Waals surface area contributed by atoms with E-state index in [0.717, 1.165) is 11.5 Å². The molecule has 0 spiro atoms. The van der Waals surface area contributed by atoms with E-state index < -0.39 is 15.7 Å². The quantitative estimate of drug-likeness (QED) is 0.143. The maximum absolute atomic E-state index is 10.7. The number of hydrogen-bond donors (Lipinski definition) is 0. The summed E-state index contributed by atoms with van der Waals surface area (Å²) < 4.78 is 65.3. The van der Waals surface area contributed by atoms with Crippen LogP contribution in [0.15, 0.2) is 89.9 Å². The van der Waals surface area contributed by atoms with Gasteiger partial charge in [-0.15, -0.1) is 0 Å². The van der Waals surface area contributed by atoms with Crippen LogP contribution in [0.4, 0.5) is 25.2 Å². The number of ether oxygens (including phenoxy) is 1. The molecular formula is C34H31F6FeNOP2Pd+3. The average molecular weight is 808 g/mol. The van der Waals surface area contributed by atoms with Gasteiger partial charge < -0.3 is 4.74 Å². The molecule has 0 bridgehead atoms. The van der Waals surface area contributed by atoms with Gasteiger partial charge in [-0.25, -0.2) is 4.99 Å². The molecule has 2 aliphatic carbocycles. The van der Waals surface area contributed by atoms with E-state index >= 15 is 0 Å². The number of rotatable bonds is 5. The Morgan fingerprint density at radius 1 is 0.674 bits per heavy atom. The molecule has 0 amide bonds. The van der Waals surface area contributed by atoms with E-state index in [1.165, 1.54) is 28.3 Å². The molecule has 2 fully saturated rings. The van der Waals surface area contributed by atoms with Crippen molar-refractivity contribution in [1.29, 1.82) is 0 Å². The van der Waals surface area contributed by atoms with Crippen LogP contribution < -0.4 is 15.9 Å². The molecule has 0 saturated heterocycles. The van der Waals surface area contributed by atoms with Crippen LogP contribution in [0.5, 0.6) is 0 Å². The van der Waals surface area contributed by atoms with E-state index in [1.54, 1.807) is 0 Å². The van der Waals surface area contributed by atoms with Gasteiger partial charge in [0.25, 0.3) is 0 Å². The topological polar surface area (TPSA) is 21.6 Å². The predicted molar refractivity (Wildman–Crippen MR) is 172 cm³/mol. The van der Waals surface area contributed by atoms with Crippen LogP contribution in [0, 0.1) is 84.0 Å². The Morgan fingerprint density at radius 3 is 1.50 bits per heavy atom. The fourth-order valence-electron chi connectivity index (χ4n) is 4.05. The third-order valence-corrected chi connectivity index (χ3v) is 8.18. The molecule has 13 radical (unpaired) electrons. The van der Waals surface area contributed by atoms with Gasteiger partial charge in [0.15, 0.2) is 0 Å². The standard InChI is InChI=1S/C26H21NOP.C5H5.C3H5.F6P.Fe.Pd/c1-3-13-21(14-4-1)29(22-15-5-2-6-16-22)25-18-10-9-17-23(25)26-27-24(19-28-26)20-11-7-8-12-20;1-2-4-5-3-1;1-3-2;1-7(2,3,4,5)6;;/h1-18,24H,19H2;1-5H;3H,1-2H2;;;/q;;;-1;2*+2/t24-;;;;;/m0...../s1. The van der Waals surface area contributed by atoms with Gasteiger partial charge in [-0.1, -0.05) is 78.9 Å². The molecule has 0 aromatic heterocycles. The maximum atomic E-state index is 9.87. The first-order valence-corrected chi connectivity index (χ1v) is 16.7. The SMILES string of the molecule is F[P-](F)(F)(F)(F)F.[CH2][CH][CH2].[CH]1[CH][CH][CH][CH]1.[CH]1[CH][CH][C]([C@@H]2COC(c3ccccc3P(c3ccccc3)c3ccccc3)=N2)[CH]1.[Fe+2].[Pd+2]. The molecule has 12 heteroatoms. The van der Waals surface area contributed by atoms with Gasteiger partial charge in [0.05, 0.1) is 6.04 Å². The second-order valence-corrected chi connectivity index (χ2v) is 13.3. The summed E-state index contributed by atoms with van der Waals surface area (Å²) in [6.45, 7) is 7.10. The van der Waals surface area contributed by atoms with Crippen LogP contribution in [0.2, 0.25) is 0 Å². The van der Waals surface area contributed by atoms with Crippen LogP contribution in [0.3, 0.4) is 0 Å². The Kier molecular flexibility index (Phi) is 17.7. The summed E-state index contributed by atoms with van der Waals surface area (Å²) >= 11 is 0. The van der Waals surface area contributed by atoms with Crippen LogP contribution >= 0.6 is 15.7 Å². The summed E-state index contributed by atoms with van der Waals surface area (Å²) in [5, 5.41) is 3.93. The van der Waals surface area contributed by atoms with Crippen molar-refractivity contribution in [2.24, 2.45) is 4.99 Å². The van der Waals surface area contributed by atoms with E-state index in [1.807, 2.05) is 32.1 Å². The average Bonchev–Trinajstić information content (AvgIpc) is 3.78.